The number of hydrogen-bond acceptors (Lipinski definition) is 5. The number of ketones is 1. The van der Waals surface area contributed by atoms with Crippen LogP contribution in [0, 0.1) is 6.92 Å². The van der Waals surface area contributed by atoms with Crippen molar-refractivity contribution in [3.05, 3.63) is 94.4 Å². The van der Waals surface area contributed by atoms with E-state index in [1.54, 1.807) is 18.2 Å². The van der Waals surface area contributed by atoms with Crippen LogP contribution in [0.4, 0.5) is 0 Å². The van der Waals surface area contributed by atoms with E-state index in [1.165, 1.54) is 18.3 Å². The van der Waals surface area contributed by atoms with Gasteiger partial charge in [0.25, 0.3) is 11.7 Å². The van der Waals surface area contributed by atoms with E-state index >= 15 is 0 Å². The largest absolute Gasteiger partial charge is 0.507 e. The molecule has 6 nitrogen and oxygen atoms in total. The zero-order chi connectivity index (χ0) is 24.6. The first kappa shape index (κ1) is 23.4. The van der Waals surface area contributed by atoms with Crippen molar-refractivity contribution in [2.24, 2.45) is 0 Å². The number of hydrogen-bond donors (Lipinski definition) is 1. The smallest absolute Gasteiger partial charge is 0.296 e. The van der Waals surface area contributed by atoms with Crippen LogP contribution in [0.25, 0.3) is 5.76 Å². The van der Waals surface area contributed by atoms with Gasteiger partial charge in [-0.05, 0) is 47.7 Å². The fraction of sp³-hybridized carbons (Fsp3) is 0.286. The third-order valence-electron chi connectivity index (χ3n) is 6.12. The van der Waals surface area contributed by atoms with E-state index in [-0.39, 0.29) is 23.3 Å². The van der Waals surface area contributed by atoms with E-state index in [0.717, 1.165) is 16.7 Å². The van der Waals surface area contributed by atoms with Crippen molar-refractivity contribution in [1.82, 2.24) is 4.90 Å². The second-order valence-electron chi connectivity index (χ2n) is 9.59. The minimum Gasteiger partial charge on any atom is -0.507 e. The first-order valence-corrected chi connectivity index (χ1v) is 11.2. The van der Waals surface area contributed by atoms with Crippen LogP contribution in [0.2, 0.25) is 0 Å². The van der Waals surface area contributed by atoms with Gasteiger partial charge >= 0.3 is 0 Å². The lowest BCUT2D eigenvalue weighted by molar-refractivity contribution is -0.140. The maximum Gasteiger partial charge on any atom is 0.296 e. The van der Waals surface area contributed by atoms with Crippen molar-refractivity contribution >= 4 is 17.4 Å². The minimum absolute atomic E-state index is 0.0338. The molecular weight excluding hydrogens is 430 g/mol. The molecule has 34 heavy (non-hydrogen) atoms. The second-order valence-corrected chi connectivity index (χ2v) is 9.59. The number of rotatable bonds is 5. The van der Waals surface area contributed by atoms with Gasteiger partial charge in [-0.15, -0.1) is 0 Å². The molecule has 0 bridgehead atoms. The predicted octanol–water partition coefficient (Wildman–Crippen LogP) is 5.52. The Kier molecular flexibility index (Phi) is 6.09. The Morgan fingerprint density at radius 3 is 2.47 bits per heavy atom. The highest BCUT2D eigenvalue weighted by molar-refractivity contribution is 6.46. The summed E-state index contributed by atoms with van der Waals surface area (Å²) in [6, 6.07) is 15.8. The topological polar surface area (TPSA) is 80.0 Å². The van der Waals surface area contributed by atoms with Gasteiger partial charge in [0.1, 0.15) is 17.3 Å². The van der Waals surface area contributed by atoms with Crippen LogP contribution in [0.1, 0.15) is 54.8 Å². The summed E-state index contributed by atoms with van der Waals surface area (Å²) in [5, 5.41) is 11.5. The van der Waals surface area contributed by atoms with Gasteiger partial charge in [0.05, 0.1) is 37.1 Å². The number of carbonyl (C=O) groups is 2. The van der Waals surface area contributed by atoms with Crippen LogP contribution in [0.15, 0.2) is 70.9 Å². The fourth-order valence-corrected chi connectivity index (χ4v) is 4.30. The summed E-state index contributed by atoms with van der Waals surface area (Å²) >= 11 is 0. The Balaban J connectivity index is 1.94. The van der Waals surface area contributed by atoms with Crippen molar-refractivity contribution in [2.75, 3.05) is 7.11 Å². The lowest BCUT2D eigenvalue weighted by atomic mass is 9.85. The number of likely N-dealkylation sites (tertiary alicyclic amines) is 1. The van der Waals surface area contributed by atoms with Gasteiger partial charge in [-0.25, -0.2) is 0 Å². The molecule has 3 aromatic rings. The van der Waals surface area contributed by atoms with Crippen LogP contribution < -0.4 is 4.74 Å². The van der Waals surface area contributed by atoms with Gasteiger partial charge in [-0.3, -0.25) is 9.59 Å². The summed E-state index contributed by atoms with van der Waals surface area (Å²) in [5.41, 5.74) is 2.90. The molecule has 0 saturated carbocycles. The number of aryl methyl sites for hydroxylation is 1. The molecule has 1 amide bonds. The third kappa shape index (κ3) is 4.23. The fourth-order valence-electron chi connectivity index (χ4n) is 4.30. The molecule has 1 aliphatic rings. The first-order valence-electron chi connectivity index (χ1n) is 11.2. The summed E-state index contributed by atoms with van der Waals surface area (Å²) < 4.78 is 11.0. The Morgan fingerprint density at radius 2 is 1.85 bits per heavy atom. The monoisotopic (exact) mass is 459 g/mol. The summed E-state index contributed by atoms with van der Waals surface area (Å²) in [5.74, 6) is -0.707. The third-order valence-corrected chi connectivity index (χ3v) is 6.12. The van der Waals surface area contributed by atoms with Crippen LogP contribution in [0.3, 0.4) is 0 Å². The molecule has 2 aromatic carbocycles. The number of ether oxygens (including phenoxy) is 1. The zero-order valence-electron chi connectivity index (χ0n) is 20.1. The molecular formula is C28H29NO5. The number of nitrogens with zero attached hydrogens (tertiary/aromatic N) is 1. The Labute approximate surface area is 199 Å². The normalized spacial score (nSPS) is 17.9. The number of methoxy groups -OCH3 is 1. The number of benzene rings is 2. The number of aliphatic hydroxyl groups excluding tert-OH is 1. The Bertz CT molecular complexity index is 1260. The average molecular weight is 460 g/mol. The number of aliphatic hydroxyl groups is 1. The molecule has 1 aliphatic heterocycles. The van der Waals surface area contributed by atoms with Crippen molar-refractivity contribution in [3.8, 4) is 5.75 Å². The molecule has 1 unspecified atom stereocenters. The Morgan fingerprint density at radius 1 is 1.09 bits per heavy atom. The summed E-state index contributed by atoms with van der Waals surface area (Å²) in [7, 11) is 1.51. The zero-order valence-corrected chi connectivity index (χ0v) is 20.1. The number of carbonyl (C=O) groups excluding carboxylic acids is 2. The van der Waals surface area contributed by atoms with Gasteiger partial charge in [0.15, 0.2) is 0 Å². The summed E-state index contributed by atoms with van der Waals surface area (Å²) in [6.45, 7) is 8.24. The van der Waals surface area contributed by atoms with Crippen LogP contribution >= 0.6 is 0 Å². The molecule has 0 spiro atoms. The maximum absolute atomic E-state index is 13.3. The van der Waals surface area contributed by atoms with Crippen molar-refractivity contribution in [3.63, 3.8) is 0 Å². The lowest BCUT2D eigenvalue weighted by Gasteiger charge is -2.25. The van der Waals surface area contributed by atoms with E-state index in [0.29, 0.717) is 17.1 Å². The highest BCUT2D eigenvalue weighted by atomic mass is 16.5. The molecule has 6 heteroatoms. The lowest BCUT2D eigenvalue weighted by Crippen LogP contribution is -2.29. The van der Waals surface area contributed by atoms with Gasteiger partial charge in [-0.2, -0.15) is 0 Å². The van der Waals surface area contributed by atoms with Crippen molar-refractivity contribution in [1.29, 1.82) is 0 Å². The van der Waals surface area contributed by atoms with Crippen molar-refractivity contribution < 1.29 is 23.8 Å². The van der Waals surface area contributed by atoms with Gasteiger partial charge in [-0.1, -0.05) is 56.7 Å². The van der Waals surface area contributed by atoms with Crippen molar-refractivity contribution in [2.45, 2.75) is 45.7 Å². The molecule has 1 atom stereocenters. The molecule has 1 N–H and O–H groups in total. The number of Topliss-reactive ketones (excluding diaryl/α,β-unsaturated/α-hetero) is 1. The van der Waals surface area contributed by atoms with Gasteiger partial charge < -0.3 is 19.2 Å². The SMILES string of the molecule is COc1ccc(C(C)(C)C)cc1/C(O)=C1\C(=O)C(=O)N(Cc2ccco2)C1c1cccc(C)c1. The van der Waals surface area contributed by atoms with E-state index < -0.39 is 17.7 Å². The minimum atomic E-state index is -0.770. The molecule has 0 aliphatic carbocycles. The standard InChI is InChI=1S/C28H29NO5/c1-17-8-6-9-18(14-17)24-23(26(31)27(32)29(24)16-20-10-7-13-34-20)25(30)21-15-19(28(2,3)4)11-12-22(21)33-5/h6-15,24,30H,16H2,1-5H3/b25-23+. The first-order chi connectivity index (χ1) is 16.1. The van der Waals surface area contributed by atoms with Gasteiger partial charge in [0.2, 0.25) is 0 Å². The predicted molar refractivity (Wildman–Crippen MR) is 129 cm³/mol. The van der Waals surface area contributed by atoms with Crippen LogP contribution in [-0.2, 0) is 21.5 Å². The van der Waals surface area contributed by atoms with Gasteiger partial charge in [0, 0.05) is 0 Å². The van der Waals surface area contributed by atoms with Crippen LogP contribution in [-0.4, -0.2) is 28.8 Å². The molecule has 1 fully saturated rings. The molecule has 1 aromatic heterocycles. The number of furan rings is 1. The molecule has 176 valence electrons. The number of amides is 1. The molecule has 1 saturated heterocycles. The quantitative estimate of drug-likeness (QED) is 0.309. The summed E-state index contributed by atoms with van der Waals surface area (Å²) in [4.78, 5) is 28.0. The van der Waals surface area contributed by atoms with E-state index in [9.17, 15) is 14.7 Å². The van der Waals surface area contributed by atoms with E-state index in [1.807, 2.05) is 43.3 Å². The summed E-state index contributed by atoms with van der Waals surface area (Å²) in [6.07, 6.45) is 1.52. The van der Waals surface area contributed by atoms with E-state index in [2.05, 4.69) is 20.8 Å². The maximum atomic E-state index is 13.3. The molecule has 4 rings (SSSR count). The van der Waals surface area contributed by atoms with Crippen LogP contribution in [0.5, 0.6) is 5.75 Å². The highest BCUT2D eigenvalue weighted by Gasteiger charge is 2.46. The van der Waals surface area contributed by atoms with E-state index in [4.69, 9.17) is 9.15 Å². The second kappa shape index (κ2) is 8.86. The molecule has 2 heterocycles. The Hall–Kier alpha value is -3.80. The average Bonchev–Trinajstić information content (AvgIpc) is 3.40. The molecule has 0 radical (unpaired) electrons. The highest BCUT2D eigenvalue weighted by Crippen LogP contribution is 2.42.